The summed E-state index contributed by atoms with van der Waals surface area (Å²) in [5.74, 6) is 0.827. The van der Waals surface area contributed by atoms with Crippen LogP contribution >= 0.6 is 0 Å². The van der Waals surface area contributed by atoms with E-state index in [1.54, 1.807) is 6.20 Å². The molecular weight excluding hydrogens is 292 g/mol. The monoisotopic (exact) mass is 316 g/mol. The van der Waals surface area contributed by atoms with Crippen LogP contribution in [0.15, 0.2) is 18.3 Å². The zero-order chi connectivity index (χ0) is 15.8. The smallest absolute Gasteiger partial charge is 0.255 e. The maximum atomic E-state index is 12.8. The second-order valence-electron chi connectivity index (χ2n) is 6.98. The van der Waals surface area contributed by atoms with Crippen LogP contribution in [0.3, 0.4) is 0 Å². The molecule has 2 aliphatic carbocycles. The van der Waals surface area contributed by atoms with E-state index < -0.39 is 0 Å². The average Bonchev–Trinajstić information content (AvgIpc) is 3.31. The molecular formula is C18H24N2O3. The van der Waals surface area contributed by atoms with Crippen molar-refractivity contribution in [2.45, 2.75) is 50.9 Å². The fourth-order valence-electron chi connectivity index (χ4n) is 3.65. The summed E-state index contributed by atoms with van der Waals surface area (Å²) in [4.78, 5) is 19.0. The van der Waals surface area contributed by atoms with Gasteiger partial charge in [-0.15, -0.1) is 0 Å². The third-order valence-electron chi connectivity index (χ3n) is 5.20. The molecule has 1 aliphatic heterocycles. The summed E-state index contributed by atoms with van der Waals surface area (Å²) in [7, 11) is 0. The summed E-state index contributed by atoms with van der Waals surface area (Å²) in [5.41, 5.74) is 1.59. The Bertz CT molecular complexity index is 570. The van der Waals surface area contributed by atoms with Gasteiger partial charge in [0.2, 0.25) is 0 Å². The molecule has 0 aromatic carbocycles. The zero-order valence-electron chi connectivity index (χ0n) is 13.6. The number of amides is 1. The molecule has 1 aromatic rings. The van der Waals surface area contributed by atoms with Crippen LogP contribution in [0.25, 0.3) is 0 Å². The molecule has 0 N–H and O–H groups in total. The molecule has 23 heavy (non-hydrogen) atoms. The lowest BCUT2D eigenvalue weighted by Crippen LogP contribution is -2.54. The molecule has 5 nitrogen and oxygen atoms in total. The Morgan fingerprint density at radius 3 is 2.96 bits per heavy atom. The van der Waals surface area contributed by atoms with Crippen molar-refractivity contribution in [2.24, 2.45) is 5.92 Å². The summed E-state index contributed by atoms with van der Waals surface area (Å²) in [5, 5.41) is 0. The number of ether oxygens (including phenoxy) is 2. The molecule has 2 heterocycles. The fraction of sp³-hybridized carbons (Fsp3) is 0.667. The van der Waals surface area contributed by atoms with Crippen molar-refractivity contribution in [2.75, 3.05) is 19.8 Å². The van der Waals surface area contributed by atoms with Gasteiger partial charge in [-0.1, -0.05) is 0 Å². The maximum Gasteiger partial charge on any atom is 0.255 e. The van der Waals surface area contributed by atoms with Gasteiger partial charge in [-0.2, -0.15) is 0 Å². The van der Waals surface area contributed by atoms with Crippen molar-refractivity contribution in [1.29, 1.82) is 0 Å². The normalized spacial score (nSPS) is 30.3. The van der Waals surface area contributed by atoms with Gasteiger partial charge in [-0.05, 0) is 50.7 Å². The lowest BCUT2D eigenvalue weighted by Gasteiger charge is -2.39. The number of aromatic nitrogens is 1. The van der Waals surface area contributed by atoms with Gasteiger partial charge in [0.05, 0.1) is 24.3 Å². The Hall–Kier alpha value is -1.46. The Morgan fingerprint density at radius 1 is 1.35 bits per heavy atom. The molecule has 1 saturated heterocycles. The van der Waals surface area contributed by atoms with Crippen LogP contribution in [0, 0.1) is 12.8 Å². The summed E-state index contributed by atoms with van der Waals surface area (Å²) in [6.45, 7) is 4.03. The Kier molecular flexibility index (Phi) is 4.07. The molecule has 1 amide bonds. The van der Waals surface area contributed by atoms with Gasteiger partial charge < -0.3 is 14.4 Å². The number of fused-ring (bicyclic) bond motifs is 1. The first-order chi connectivity index (χ1) is 11.2. The topological polar surface area (TPSA) is 51.7 Å². The van der Waals surface area contributed by atoms with Crippen LogP contribution in [-0.4, -0.2) is 53.8 Å². The predicted molar refractivity (Wildman–Crippen MR) is 85.2 cm³/mol. The van der Waals surface area contributed by atoms with Gasteiger partial charge in [0, 0.05) is 25.0 Å². The van der Waals surface area contributed by atoms with E-state index in [1.807, 2.05) is 24.0 Å². The zero-order valence-corrected chi connectivity index (χ0v) is 13.6. The molecule has 0 bridgehead atoms. The third-order valence-corrected chi connectivity index (χ3v) is 5.20. The Labute approximate surface area is 137 Å². The van der Waals surface area contributed by atoms with Crippen molar-refractivity contribution in [1.82, 2.24) is 9.88 Å². The van der Waals surface area contributed by atoms with Gasteiger partial charge in [-0.25, -0.2) is 0 Å². The second kappa shape index (κ2) is 6.21. The minimum Gasteiger partial charge on any atom is -0.375 e. The second-order valence-corrected chi connectivity index (χ2v) is 6.98. The number of hydrogen-bond acceptors (Lipinski definition) is 4. The minimum atomic E-state index is 0.0323. The van der Waals surface area contributed by atoms with Gasteiger partial charge >= 0.3 is 0 Å². The summed E-state index contributed by atoms with van der Waals surface area (Å²) < 4.78 is 12.0. The quantitative estimate of drug-likeness (QED) is 0.854. The van der Waals surface area contributed by atoms with Crippen LogP contribution in [0.2, 0.25) is 0 Å². The lowest BCUT2D eigenvalue weighted by molar-refractivity contribution is -0.106. The van der Waals surface area contributed by atoms with E-state index in [1.165, 1.54) is 12.8 Å². The van der Waals surface area contributed by atoms with Crippen LogP contribution in [0.5, 0.6) is 0 Å². The molecule has 3 fully saturated rings. The van der Waals surface area contributed by atoms with Crippen molar-refractivity contribution in [3.8, 4) is 0 Å². The van der Waals surface area contributed by atoms with Gasteiger partial charge in [0.25, 0.3) is 5.91 Å². The highest BCUT2D eigenvalue weighted by Gasteiger charge is 2.45. The molecule has 3 atom stereocenters. The fourth-order valence-corrected chi connectivity index (χ4v) is 3.65. The number of rotatable bonds is 4. The largest absolute Gasteiger partial charge is 0.375 e. The molecule has 0 radical (unpaired) electrons. The first-order valence-electron chi connectivity index (χ1n) is 8.69. The number of nitrogens with zero attached hydrogens (tertiary/aromatic N) is 2. The first-order valence-corrected chi connectivity index (χ1v) is 8.69. The van der Waals surface area contributed by atoms with E-state index in [-0.39, 0.29) is 24.2 Å². The molecule has 0 spiro atoms. The highest BCUT2D eigenvalue weighted by molar-refractivity contribution is 5.94. The van der Waals surface area contributed by atoms with E-state index in [0.29, 0.717) is 18.7 Å². The van der Waals surface area contributed by atoms with Gasteiger partial charge in [0.1, 0.15) is 6.10 Å². The molecule has 5 heteroatoms. The number of pyridine rings is 1. The van der Waals surface area contributed by atoms with Crippen molar-refractivity contribution >= 4 is 5.91 Å². The third kappa shape index (κ3) is 3.12. The highest BCUT2D eigenvalue weighted by Crippen LogP contribution is 2.35. The molecule has 3 aliphatic rings. The first kappa shape index (κ1) is 15.1. The van der Waals surface area contributed by atoms with E-state index in [9.17, 15) is 4.79 Å². The van der Waals surface area contributed by atoms with Gasteiger partial charge in [0.15, 0.2) is 0 Å². The number of carbonyl (C=O) groups excluding carboxylic acids is 1. The highest BCUT2D eigenvalue weighted by atomic mass is 16.5. The van der Waals surface area contributed by atoms with Crippen LogP contribution in [0.4, 0.5) is 0 Å². The number of hydrogen-bond donors (Lipinski definition) is 0. The lowest BCUT2D eigenvalue weighted by atomic mass is 10.1. The number of aryl methyl sites for hydroxylation is 1. The van der Waals surface area contributed by atoms with Crippen molar-refractivity contribution in [3.63, 3.8) is 0 Å². The average molecular weight is 316 g/mol. The van der Waals surface area contributed by atoms with Gasteiger partial charge in [-0.3, -0.25) is 9.78 Å². The standard InChI is InChI=1S/C18H24N2O3/c1-12-2-5-14(10-19-12)18(21)20-8-9-22-17-15(20)6-7-16(17)23-11-13-3-4-13/h2,5,10,13,15-17H,3-4,6-9,11H2,1H3/t15-,16+,17+/m0/s1. The summed E-state index contributed by atoms with van der Waals surface area (Å²) in [6, 6.07) is 3.90. The molecule has 2 saturated carbocycles. The molecule has 1 aromatic heterocycles. The minimum absolute atomic E-state index is 0.0323. The number of carbonyl (C=O) groups is 1. The van der Waals surface area contributed by atoms with Crippen molar-refractivity contribution < 1.29 is 14.3 Å². The number of morpholine rings is 1. The van der Waals surface area contributed by atoms with E-state index in [2.05, 4.69) is 4.98 Å². The molecule has 4 rings (SSSR count). The van der Waals surface area contributed by atoms with E-state index in [0.717, 1.165) is 31.1 Å². The summed E-state index contributed by atoms with van der Waals surface area (Å²) >= 11 is 0. The SMILES string of the molecule is Cc1ccc(C(=O)N2CCO[C@H]3[C@H](OCC4CC4)CC[C@@H]32)cn1. The van der Waals surface area contributed by atoms with E-state index in [4.69, 9.17) is 9.47 Å². The molecule has 0 unspecified atom stereocenters. The maximum absolute atomic E-state index is 12.8. The molecule has 124 valence electrons. The van der Waals surface area contributed by atoms with Crippen LogP contribution in [0.1, 0.15) is 41.7 Å². The van der Waals surface area contributed by atoms with E-state index >= 15 is 0 Å². The van der Waals surface area contributed by atoms with Crippen molar-refractivity contribution in [3.05, 3.63) is 29.6 Å². The van der Waals surface area contributed by atoms with Crippen LogP contribution in [-0.2, 0) is 9.47 Å². The predicted octanol–water partition coefficient (Wildman–Crippen LogP) is 2.19. The summed E-state index contributed by atoms with van der Waals surface area (Å²) in [6.07, 6.45) is 6.40. The van der Waals surface area contributed by atoms with Crippen LogP contribution < -0.4 is 0 Å². The Balaban J connectivity index is 1.44. The Morgan fingerprint density at radius 2 is 2.22 bits per heavy atom.